The van der Waals surface area contributed by atoms with E-state index in [0.29, 0.717) is 0 Å². The molecule has 0 aromatic heterocycles. The Morgan fingerprint density at radius 2 is 2.00 bits per heavy atom. The fourth-order valence-corrected chi connectivity index (χ4v) is 2.27. The van der Waals surface area contributed by atoms with Crippen LogP contribution in [0.1, 0.15) is 25.8 Å². The monoisotopic (exact) mass is 330 g/mol. The molecule has 1 aliphatic rings. The number of carbonyl (C=O) groups is 1. The van der Waals surface area contributed by atoms with Gasteiger partial charge in [0.25, 0.3) is 0 Å². The Bertz CT molecular complexity index is 602. The summed E-state index contributed by atoms with van der Waals surface area (Å²) in [4.78, 5) is 11.8. The van der Waals surface area contributed by atoms with Gasteiger partial charge in [-0.15, -0.1) is 0 Å². The molecular weight excluding hydrogens is 313 g/mol. The maximum Gasteiger partial charge on any atom is 0.418 e. The molecule has 0 radical (unpaired) electrons. The molecule has 0 fully saturated rings. The van der Waals surface area contributed by atoms with Gasteiger partial charge >= 0.3 is 12.1 Å². The number of nitrogens with zero attached hydrogens (tertiary/aromatic N) is 2. The third-order valence-corrected chi connectivity index (χ3v) is 3.20. The molecule has 0 unspecified atom stereocenters. The predicted octanol–water partition coefficient (Wildman–Crippen LogP) is 3.20. The molecule has 8 heteroatoms. The van der Waals surface area contributed by atoms with Gasteiger partial charge in [0.15, 0.2) is 11.9 Å². The van der Waals surface area contributed by atoms with Gasteiger partial charge in [-0.3, -0.25) is 0 Å². The molecule has 1 aliphatic heterocycles. The summed E-state index contributed by atoms with van der Waals surface area (Å²) in [7, 11) is 0. The van der Waals surface area contributed by atoms with Crippen LogP contribution in [0.3, 0.4) is 0 Å². The molecule has 1 aromatic carbocycles. The van der Waals surface area contributed by atoms with Crippen LogP contribution in [0.2, 0.25) is 0 Å². The largest absolute Gasteiger partial charge is 0.461 e. The first-order chi connectivity index (χ1) is 10.9. The lowest BCUT2D eigenvalue weighted by atomic mass is 10.1. The molecule has 0 bridgehead atoms. The van der Waals surface area contributed by atoms with Gasteiger partial charge in [0.05, 0.1) is 17.9 Å². The van der Waals surface area contributed by atoms with E-state index in [-0.39, 0.29) is 31.0 Å². The number of hydrogen-bond acceptors (Lipinski definition) is 5. The number of hydrazone groups is 1. The van der Waals surface area contributed by atoms with Crippen LogP contribution in [0, 0.1) is 0 Å². The van der Waals surface area contributed by atoms with E-state index in [2.05, 4.69) is 5.10 Å². The molecule has 126 valence electrons. The van der Waals surface area contributed by atoms with Crippen molar-refractivity contribution < 1.29 is 27.4 Å². The van der Waals surface area contributed by atoms with Crippen LogP contribution in [0.15, 0.2) is 29.4 Å². The maximum absolute atomic E-state index is 13.2. The fourth-order valence-electron chi connectivity index (χ4n) is 2.27. The van der Waals surface area contributed by atoms with Crippen molar-refractivity contribution in [3.05, 3.63) is 29.8 Å². The van der Waals surface area contributed by atoms with Gasteiger partial charge in [0.1, 0.15) is 0 Å². The predicted molar refractivity (Wildman–Crippen MR) is 78.0 cm³/mol. The summed E-state index contributed by atoms with van der Waals surface area (Å²) in [5.74, 6) is -0.649. The third-order valence-electron chi connectivity index (χ3n) is 3.20. The van der Waals surface area contributed by atoms with E-state index in [4.69, 9.17) is 9.47 Å². The number of anilines is 1. The summed E-state index contributed by atoms with van der Waals surface area (Å²) >= 11 is 0. The van der Waals surface area contributed by atoms with Gasteiger partial charge in [0, 0.05) is 13.0 Å². The van der Waals surface area contributed by atoms with E-state index in [1.165, 1.54) is 18.2 Å². The minimum atomic E-state index is -4.53. The van der Waals surface area contributed by atoms with Crippen LogP contribution in [-0.2, 0) is 20.4 Å². The van der Waals surface area contributed by atoms with Crippen LogP contribution < -0.4 is 5.01 Å². The molecular formula is C15H17F3N2O3. The Kier molecular flexibility index (Phi) is 5.25. The van der Waals surface area contributed by atoms with Crippen LogP contribution in [0.4, 0.5) is 18.9 Å². The molecule has 0 saturated carbocycles. The maximum atomic E-state index is 13.2. The van der Waals surface area contributed by atoms with Gasteiger partial charge in [-0.05, 0) is 26.0 Å². The first kappa shape index (κ1) is 17.3. The molecule has 0 aliphatic carbocycles. The summed E-state index contributed by atoms with van der Waals surface area (Å²) in [5, 5.41) is 5.10. The average molecular weight is 330 g/mol. The summed E-state index contributed by atoms with van der Waals surface area (Å²) in [6.07, 6.45) is -5.24. The van der Waals surface area contributed by atoms with Crippen molar-refractivity contribution in [3.8, 4) is 0 Å². The normalized spacial score (nSPS) is 18.0. The second kappa shape index (κ2) is 6.99. The molecule has 0 amide bonds. The molecule has 0 N–H and O–H groups in total. The number of halogens is 3. The van der Waals surface area contributed by atoms with Gasteiger partial charge < -0.3 is 9.47 Å². The van der Waals surface area contributed by atoms with Crippen molar-refractivity contribution in [1.29, 1.82) is 0 Å². The topological polar surface area (TPSA) is 51.1 Å². The first-order valence-electron chi connectivity index (χ1n) is 7.20. The number of esters is 1. The Labute approximate surface area is 131 Å². The SMILES string of the molecule is CCOC(=O)C1=NN(c2ccccc2C(F)(F)F)[C@H](OCC)C1. The zero-order valence-electron chi connectivity index (χ0n) is 12.8. The molecule has 23 heavy (non-hydrogen) atoms. The second-order valence-corrected chi connectivity index (χ2v) is 4.74. The zero-order valence-corrected chi connectivity index (χ0v) is 12.8. The lowest BCUT2D eigenvalue weighted by molar-refractivity contribution is -0.137. The fraction of sp³-hybridized carbons (Fsp3) is 0.467. The minimum Gasteiger partial charge on any atom is -0.461 e. The van der Waals surface area contributed by atoms with Crippen LogP contribution >= 0.6 is 0 Å². The third kappa shape index (κ3) is 3.82. The van der Waals surface area contributed by atoms with Crippen molar-refractivity contribution in [2.45, 2.75) is 32.7 Å². The Hall–Kier alpha value is -2.09. The van der Waals surface area contributed by atoms with Gasteiger partial charge in [-0.1, -0.05) is 12.1 Å². The van der Waals surface area contributed by atoms with Crippen molar-refractivity contribution in [3.63, 3.8) is 0 Å². The molecule has 0 spiro atoms. The van der Waals surface area contributed by atoms with E-state index in [9.17, 15) is 18.0 Å². The van der Waals surface area contributed by atoms with Gasteiger partial charge in [-0.25, -0.2) is 9.80 Å². The van der Waals surface area contributed by atoms with Gasteiger partial charge in [0.2, 0.25) is 0 Å². The number of para-hydroxylation sites is 1. The molecule has 5 nitrogen and oxygen atoms in total. The zero-order chi connectivity index (χ0) is 17.0. The van der Waals surface area contributed by atoms with Crippen LogP contribution in [0.25, 0.3) is 0 Å². The number of hydrogen-bond donors (Lipinski definition) is 0. The highest BCUT2D eigenvalue weighted by atomic mass is 19.4. The number of ether oxygens (including phenoxy) is 2. The van der Waals surface area contributed by atoms with E-state index < -0.39 is 23.9 Å². The molecule has 1 aromatic rings. The highest BCUT2D eigenvalue weighted by molar-refractivity contribution is 6.37. The van der Waals surface area contributed by atoms with E-state index in [1.54, 1.807) is 13.8 Å². The van der Waals surface area contributed by atoms with Crippen molar-refractivity contribution in [2.24, 2.45) is 5.10 Å². The van der Waals surface area contributed by atoms with E-state index in [1.807, 2.05) is 0 Å². The number of carbonyl (C=O) groups excluding carboxylic acids is 1. The van der Waals surface area contributed by atoms with Gasteiger partial charge in [-0.2, -0.15) is 18.3 Å². The first-order valence-corrected chi connectivity index (χ1v) is 7.20. The summed E-state index contributed by atoms with van der Waals surface area (Å²) in [5.41, 5.74) is -0.946. The quantitative estimate of drug-likeness (QED) is 0.778. The van der Waals surface area contributed by atoms with Crippen molar-refractivity contribution >= 4 is 17.4 Å². The smallest absolute Gasteiger partial charge is 0.418 e. The molecule has 2 rings (SSSR count). The molecule has 1 atom stereocenters. The summed E-state index contributed by atoms with van der Waals surface area (Å²) in [6.45, 7) is 3.80. The van der Waals surface area contributed by atoms with Crippen molar-refractivity contribution in [2.75, 3.05) is 18.2 Å². The van der Waals surface area contributed by atoms with E-state index in [0.717, 1.165) is 11.1 Å². The lowest BCUT2D eigenvalue weighted by Crippen LogP contribution is -2.31. The standard InChI is InChI=1S/C15H17F3N2O3/c1-3-22-13-9-11(14(21)23-4-2)19-20(13)12-8-6-5-7-10(12)15(16,17)18/h5-8,13H,3-4,9H2,1-2H3/t13-/m1/s1. The highest BCUT2D eigenvalue weighted by Crippen LogP contribution is 2.38. The average Bonchev–Trinajstić information content (AvgIpc) is 2.91. The Morgan fingerprint density at radius 3 is 2.61 bits per heavy atom. The second-order valence-electron chi connectivity index (χ2n) is 4.74. The minimum absolute atomic E-state index is 0.0438. The number of rotatable bonds is 5. The number of benzene rings is 1. The molecule has 1 heterocycles. The molecule has 0 saturated heterocycles. The Balaban J connectivity index is 2.40. The lowest BCUT2D eigenvalue weighted by Gasteiger charge is -2.25. The highest BCUT2D eigenvalue weighted by Gasteiger charge is 2.39. The van der Waals surface area contributed by atoms with Crippen molar-refractivity contribution in [1.82, 2.24) is 0 Å². The Morgan fingerprint density at radius 1 is 1.30 bits per heavy atom. The summed E-state index contributed by atoms with van der Waals surface area (Å²) < 4.78 is 49.8. The summed E-state index contributed by atoms with van der Waals surface area (Å²) in [6, 6.07) is 5.04. The van der Waals surface area contributed by atoms with Crippen LogP contribution in [-0.4, -0.2) is 31.1 Å². The van der Waals surface area contributed by atoms with Crippen LogP contribution in [0.5, 0.6) is 0 Å². The van der Waals surface area contributed by atoms with E-state index >= 15 is 0 Å². The number of alkyl halides is 3.